The Morgan fingerprint density at radius 2 is 1.90 bits per heavy atom. The van der Waals surface area contributed by atoms with Gasteiger partial charge in [0.25, 0.3) is 5.91 Å². The summed E-state index contributed by atoms with van der Waals surface area (Å²) >= 11 is 0. The van der Waals surface area contributed by atoms with Gasteiger partial charge in [0.15, 0.2) is 18.1 Å². The maximum absolute atomic E-state index is 13.1. The molecule has 1 atom stereocenters. The van der Waals surface area contributed by atoms with Crippen LogP contribution in [-0.4, -0.2) is 37.2 Å². The number of carbonyl (C=O) groups is 1. The molecule has 0 spiro atoms. The zero-order chi connectivity index (χ0) is 21.1. The SMILES string of the molecule is Cc1ccc(C(C)C)c(OCC(=O)N2CCC[C@H]2c2ccc3c(c2)OCCCO3)c1. The number of fused-ring (bicyclic) bond motifs is 1. The van der Waals surface area contributed by atoms with Gasteiger partial charge in [0.2, 0.25) is 0 Å². The lowest BCUT2D eigenvalue weighted by Gasteiger charge is -2.26. The summed E-state index contributed by atoms with van der Waals surface area (Å²) in [5.74, 6) is 2.75. The van der Waals surface area contributed by atoms with E-state index in [9.17, 15) is 4.79 Å². The van der Waals surface area contributed by atoms with Crippen molar-refractivity contribution in [3.63, 3.8) is 0 Å². The quantitative estimate of drug-likeness (QED) is 0.696. The molecule has 30 heavy (non-hydrogen) atoms. The Balaban J connectivity index is 1.47. The van der Waals surface area contributed by atoms with Crippen LogP contribution in [0.2, 0.25) is 0 Å². The zero-order valence-electron chi connectivity index (χ0n) is 18.1. The van der Waals surface area contributed by atoms with Crippen LogP contribution in [0.25, 0.3) is 0 Å². The molecule has 0 radical (unpaired) electrons. The highest BCUT2D eigenvalue weighted by molar-refractivity contribution is 5.78. The summed E-state index contributed by atoms with van der Waals surface area (Å²) in [5, 5.41) is 0. The van der Waals surface area contributed by atoms with Gasteiger partial charge in [-0.2, -0.15) is 0 Å². The first-order chi connectivity index (χ1) is 14.5. The van der Waals surface area contributed by atoms with Crippen molar-refractivity contribution in [1.29, 1.82) is 0 Å². The summed E-state index contributed by atoms with van der Waals surface area (Å²) in [6, 6.07) is 12.3. The third-order valence-corrected chi connectivity index (χ3v) is 5.87. The molecule has 0 unspecified atom stereocenters. The van der Waals surface area contributed by atoms with Gasteiger partial charge in [-0.25, -0.2) is 0 Å². The molecule has 0 aromatic heterocycles. The molecule has 1 fully saturated rings. The molecule has 0 N–H and O–H groups in total. The van der Waals surface area contributed by atoms with Crippen molar-refractivity contribution in [2.45, 2.75) is 52.0 Å². The van der Waals surface area contributed by atoms with E-state index in [1.165, 1.54) is 0 Å². The number of rotatable bonds is 5. The molecule has 4 rings (SSSR count). The minimum atomic E-state index is 0.0285. The molecule has 1 amide bonds. The molecular formula is C25H31NO4. The van der Waals surface area contributed by atoms with E-state index in [0.717, 1.165) is 59.7 Å². The molecule has 2 aliphatic heterocycles. The predicted octanol–water partition coefficient (Wildman–Crippen LogP) is 5.02. The van der Waals surface area contributed by atoms with Crippen LogP contribution in [-0.2, 0) is 4.79 Å². The second-order valence-electron chi connectivity index (χ2n) is 8.49. The summed E-state index contributed by atoms with van der Waals surface area (Å²) in [4.78, 5) is 15.0. The van der Waals surface area contributed by atoms with Gasteiger partial charge in [-0.05, 0) is 60.6 Å². The first kappa shape index (κ1) is 20.6. The van der Waals surface area contributed by atoms with Gasteiger partial charge in [0, 0.05) is 13.0 Å². The summed E-state index contributed by atoms with van der Waals surface area (Å²) in [7, 11) is 0. The first-order valence-corrected chi connectivity index (χ1v) is 11.0. The maximum Gasteiger partial charge on any atom is 0.261 e. The molecule has 2 aromatic carbocycles. The van der Waals surface area contributed by atoms with Gasteiger partial charge in [0.05, 0.1) is 19.3 Å². The van der Waals surface area contributed by atoms with Crippen LogP contribution >= 0.6 is 0 Å². The fourth-order valence-corrected chi connectivity index (χ4v) is 4.26. The summed E-state index contributed by atoms with van der Waals surface area (Å²) in [6.45, 7) is 8.47. The molecule has 1 saturated heterocycles. The molecule has 2 heterocycles. The van der Waals surface area contributed by atoms with Crippen molar-refractivity contribution >= 4 is 5.91 Å². The van der Waals surface area contributed by atoms with Gasteiger partial charge in [-0.15, -0.1) is 0 Å². The Labute approximate surface area is 178 Å². The van der Waals surface area contributed by atoms with Crippen LogP contribution in [0.4, 0.5) is 0 Å². The van der Waals surface area contributed by atoms with E-state index in [1.807, 2.05) is 30.0 Å². The number of aryl methyl sites for hydroxylation is 1. The van der Waals surface area contributed by atoms with E-state index in [4.69, 9.17) is 14.2 Å². The summed E-state index contributed by atoms with van der Waals surface area (Å²) < 4.78 is 17.6. The van der Waals surface area contributed by atoms with E-state index in [2.05, 4.69) is 32.0 Å². The lowest BCUT2D eigenvalue weighted by molar-refractivity contribution is -0.134. The molecule has 2 aromatic rings. The average molecular weight is 410 g/mol. The highest BCUT2D eigenvalue weighted by Crippen LogP contribution is 2.38. The maximum atomic E-state index is 13.1. The lowest BCUT2D eigenvalue weighted by atomic mass is 10.0. The number of benzene rings is 2. The van der Waals surface area contributed by atoms with E-state index < -0.39 is 0 Å². The van der Waals surface area contributed by atoms with Crippen LogP contribution in [0.1, 0.15) is 61.8 Å². The van der Waals surface area contributed by atoms with Gasteiger partial charge in [-0.3, -0.25) is 4.79 Å². The number of hydrogen-bond acceptors (Lipinski definition) is 4. The third kappa shape index (κ3) is 4.40. The number of carbonyl (C=O) groups excluding carboxylic acids is 1. The minimum absolute atomic E-state index is 0.0285. The lowest BCUT2D eigenvalue weighted by Crippen LogP contribution is -2.34. The van der Waals surface area contributed by atoms with Crippen molar-refractivity contribution in [2.24, 2.45) is 0 Å². The van der Waals surface area contributed by atoms with Crippen LogP contribution in [0.15, 0.2) is 36.4 Å². The fraction of sp³-hybridized carbons (Fsp3) is 0.480. The van der Waals surface area contributed by atoms with Crippen molar-refractivity contribution in [3.8, 4) is 17.2 Å². The van der Waals surface area contributed by atoms with Gasteiger partial charge < -0.3 is 19.1 Å². The second kappa shape index (κ2) is 8.99. The van der Waals surface area contributed by atoms with E-state index in [1.54, 1.807) is 0 Å². The Morgan fingerprint density at radius 1 is 1.10 bits per heavy atom. The Bertz CT molecular complexity index is 908. The van der Waals surface area contributed by atoms with Crippen LogP contribution in [0.3, 0.4) is 0 Å². The third-order valence-electron chi connectivity index (χ3n) is 5.87. The van der Waals surface area contributed by atoms with E-state index in [-0.39, 0.29) is 18.6 Å². The topological polar surface area (TPSA) is 48.0 Å². The van der Waals surface area contributed by atoms with Crippen LogP contribution in [0, 0.1) is 6.92 Å². The Morgan fingerprint density at radius 3 is 2.70 bits per heavy atom. The number of ether oxygens (including phenoxy) is 3. The van der Waals surface area contributed by atoms with Gasteiger partial charge in [0.1, 0.15) is 5.75 Å². The highest BCUT2D eigenvalue weighted by atomic mass is 16.5. The zero-order valence-corrected chi connectivity index (χ0v) is 18.1. The average Bonchev–Trinajstić information content (AvgIpc) is 3.10. The van der Waals surface area contributed by atoms with Crippen LogP contribution < -0.4 is 14.2 Å². The van der Waals surface area contributed by atoms with Crippen molar-refractivity contribution in [2.75, 3.05) is 26.4 Å². The largest absolute Gasteiger partial charge is 0.490 e. The number of amides is 1. The Kier molecular flexibility index (Phi) is 6.16. The number of likely N-dealkylation sites (tertiary alicyclic amines) is 1. The fourth-order valence-electron chi connectivity index (χ4n) is 4.26. The first-order valence-electron chi connectivity index (χ1n) is 11.0. The van der Waals surface area contributed by atoms with Crippen molar-refractivity contribution < 1.29 is 19.0 Å². The van der Waals surface area contributed by atoms with Gasteiger partial charge >= 0.3 is 0 Å². The second-order valence-corrected chi connectivity index (χ2v) is 8.49. The normalized spacial score (nSPS) is 18.4. The molecule has 0 bridgehead atoms. The molecule has 2 aliphatic rings. The van der Waals surface area contributed by atoms with E-state index >= 15 is 0 Å². The van der Waals surface area contributed by atoms with Gasteiger partial charge in [-0.1, -0.05) is 32.0 Å². The van der Waals surface area contributed by atoms with Crippen LogP contribution in [0.5, 0.6) is 17.2 Å². The molecule has 0 saturated carbocycles. The number of nitrogens with zero attached hydrogens (tertiary/aromatic N) is 1. The standard InChI is InChI=1S/C25H31NO4/c1-17(2)20-9-7-18(3)14-23(20)30-16-25(27)26-11-4-6-21(26)19-8-10-22-24(15-19)29-13-5-12-28-22/h7-10,14-15,17,21H,4-6,11-13,16H2,1-3H3/t21-/m0/s1. The molecule has 0 aliphatic carbocycles. The van der Waals surface area contributed by atoms with Crippen molar-refractivity contribution in [3.05, 3.63) is 53.1 Å². The smallest absolute Gasteiger partial charge is 0.261 e. The Hall–Kier alpha value is -2.69. The molecule has 5 nitrogen and oxygen atoms in total. The predicted molar refractivity (Wildman–Crippen MR) is 117 cm³/mol. The molecular weight excluding hydrogens is 378 g/mol. The number of hydrogen-bond donors (Lipinski definition) is 0. The summed E-state index contributed by atoms with van der Waals surface area (Å²) in [5.41, 5.74) is 3.37. The van der Waals surface area contributed by atoms with Crippen molar-refractivity contribution in [1.82, 2.24) is 4.90 Å². The molecule has 160 valence electrons. The minimum Gasteiger partial charge on any atom is -0.490 e. The summed E-state index contributed by atoms with van der Waals surface area (Å²) in [6.07, 6.45) is 2.83. The monoisotopic (exact) mass is 409 g/mol. The molecule has 5 heteroatoms. The highest BCUT2D eigenvalue weighted by Gasteiger charge is 2.31. The van der Waals surface area contributed by atoms with E-state index in [0.29, 0.717) is 19.1 Å².